The quantitative estimate of drug-likeness (QED) is 0.169. The Morgan fingerprint density at radius 2 is 1.12 bits per heavy atom. The second kappa shape index (κ2) is 13.9. The predicted molar refractivity (Wildman–Crippen MR) is 119 cm³/mol. The molecule has 0 aromatic carbocycles. The normalized spacial score (nSPS) is 11.2. The Kier molecular flexibility index (Phi) is 10.6. The van der Waals surface area contributed by atoms with Gasteiger partial charge in [0.25, 0.3) is 0 Å². The van der Waals surface area contributed by atoms with Crippen molar-refractivity contribution in [3.8, 4) is 0 Å². The number of carbonyl (C=O) groups excluding carboxylic acids is 2. The fourth-order valence-electron chi connectivity index (χ4n) is 2.75. The Morgan fingerprint density at radius 1 is 0.735 bits per heavy atom. The number of furan rings is 2. The number of nitrogens with zero attached hydrogens (tertiary/aromatic N) is 4. The molecule has 0 atom stereocenters. The summed E-state index contributed by atoms with van der Waals surface area (Å²) in [4.78, 5) is 43.1. The van der Waals surface area contributed by atoms with Gasteiger partial charge in [0.1, 0.15) is 9.85 Å². The number of hydrazone groups is 2. The van der Waals surface area contributed by atoms with Crippen LogP contribution < -0.4 is 10.9 Å². The maximum atomic E-state index is 11.7. The van der Waals surface area contributed by atoms with E-state index in [0.29, 0.717) is 25.7 Å². The van der Waals surface area contributed by atoms with Crippen LogP contribution in [0.5, 0.6) is 0 Å². The van der Waals surface area contributed by atoms with Crippen molar-refractivity contribution in [3.05, 3.63) is 56.0 Å². The monoisotopic (exact) mass is 476 g/mol. The van der Waals surface area contributed by atoms with Crippen LogP contribution in [0.1, 0.15) is 62.9 Å². The largest absolute Gasteiger partial charge is 0.433 e. The second-order valence-electron chi connectivity index (χ2n) is 7.07. The Morgan fingerprint density at radius 3 is 1.47 bits per heavy atom. The Bertz CT molecular complexity index is 959. The lowest BCUT2D eigenvalue weighted by atomic mass is 10.1. The van der Waals surface area contributed by atoms with Crippen LogP contribution in [0.25, 0.3) is 0 Å². The van der Waals surface area contributed by atoms with E-state index >= 15 is 0 Å². The van der Waals surface area contributed by atoms with E-state index in [0.717, 1.165) is 25.7 Å². The molecule has 0 spiro atoms. The van der Waals surface area contributed by atoms with Crippen molar-refractivity contribution in [2.45, 2.75) is 51.4 Å². The van der Waals surface area contributed by atoms with E-state index in [1.54, 1.807) is 0 Å². The van der Waals surface area contributed by atoms with Crippen molar-refractivity contribution in [2.75, 3.05) is 0 Å². The maximum absolute atomic E-state index is 11.7. The standard InChI is InChI=1S/C20H24N6O8/c27-17(23-21-13-15-9-11-19(33-15)25(29)30)7-5-3-1-2-4-6-8-18(28)24-22-14-16-10-12-20(34-16)26(31)32/h9-14H,1-8H2,(H,23,27)(H,24,28). The number of hydrogen-bond donors (Lipinski definition) is 2. The van der Waals surface area contributed by atoms with Gasteiger partial charge in [0.05, 0.1) is 24.6 Å². The second-order valence-corrected chi connectivity index (χ2v) is 7.07. The number of nitro groups is 2. The smallest absolute Gasteiger partial charge is 0.400 e. The molecule has 2 amide bonds. The lowest BCUT2D eigenvalue weighted by Gasteiger charge is -2.02. The van der Waals surface area contributed by atoms with Crippen molar-refractivity contribution in [2.24, 2.45) is 10.2 Å². The van der Waals surface area contributed by atoms with Gasteiger partial charge >= 0.3 is 11.8 Å². The molecule has 0 aliphatic rings. The van der Waals surface area contributed by atoms with Gasteiger partial charge in [-0.1, -0.05) is 25.7 Å². The lowest BCUT2D eigenvalue weighted by molar-refractivity contribution is -0.402. The topological polar surface area (TPSA) is 195 Å². The number of unbranched alkanes of at least 4 members (excludes halogenated alkanes) is 5. The van der Waals surface area contributed by atoms with Crippen molar-refractivity contribution in [1.29, 1.82) is 0 Å². The molecule has 14 heteroatoms. The summed E-state index contributed by atoms with van der Waals surface area (Å²) in [5.74, 6) is -1.01. The van der Waals surface area contributed by atoms with E-state index in [1.165, 1.54) is 36.7 Å². The average Bonchev–Trinajstić information content (AvgIpc) is 3.46. The van der Waals surface area contributed by atoms with Gasteiger partial charge in [0, 0.05) is 12.8 Å². The van der Waals surface area contributed by atoms with Crippen LogP contribution in [0.15, 0.2) is 43.3 Å². The summed E-state index contributed by atoms with van der Waals surface area (Å²) in [6, 6.07) is 5.15. The highest BCUT2D eigenvalue weighted by Gasteiger charge is 2.11. The van der Waals surface area contributed by atoms with Crippen molar-refractivity contribution in [3.63, 3.8) is 0 Å². The summed E-state index contributed by atoms with van der Waals surface area (Å²) in [6.45, 7) is 0. The fraction of sp³-hybridized carbons (Fsp3) is 0.400. The zero-order valence-electron chi connectivity index (χ0n) is 18.2. The summed E-state index contributed by atoms with van der Waals surface area (Å²) in [5, 5.41) is 28.4. The summed E-state index contributed by atoms with van der Waals surface area (Å²) < 4.78 is 9.75. The molecular formula is C20H24N6O8. The fourth-order valence-corrected chi connectivity index (χ4v) is 2.75. The molecule has 0 radical (unpaired) electrons. The van der Waals surface area contributed by atoms with Gasteiger partial charge in [-0.05, 0) is 25.0 Å². The molecule has 0 aliphatic carbocycles. The van der Waals surface area contributed by atoms with Crippen LogP contribution in [0.4, 0.5) is 11.8 Å². The molecule has 2 rings (SSSR count). The zero-order valence-corrected chi connectivity index (χ0v) is 18.2. The SMILES string of the molecule is O=C(CCCCCCCCC(=O)NN=Cc1ccc([N+](=O)[O-])o1)NN=Cc1ccc([N+](=O)[O-])o1. The molecule has 0 aliphatic heterocycles. The molecule has 2 aromatic heterocycles. The molecule has 14 nitrogen and oxygen atoms in total. The van der Waals surface area contributed by atoms with Gasteiger partial charge in [0.15, 0.2) is 11.5 Å². The minimum absolute atomic E-state index is 0.163. The Balaban J connectivity index is 1.45. The van der Waals surface area contributed by atoms with Gasteiger partial charge in [-0.15, -0.1) is 0 Å². The van der Waals surface area contributed by atoms with E-state index in [9.17, 15) is 29.8 Å². The first-order valence-corrected chi connectivity index (χ1v) is 10.5. The van der Waals surface area contributed by atoms with Gasteiger partial charge < -0.3 is 8.83 Å². The molecule has 0 saturated heterocycles. The first-order valence-electron chi connectivity index (χ1n) is 10.5. The minimum Gasteiger partial charge on any atom is -0.400 e. The van der Waals surface area contributed by atoms with Crippen molar-refractivity contribution in [1.82, 2.24) is 10.9 Å². The number of nitrogens with one attached hydrogen (secondary N) is 2. The van der Waals surface area contributed by atoms with Crippen molar-refractivity contribution < 1.29 is 28.3 Å². The molecule has 34 heavy (non-hydrogen) atoms. The first kappa shape index (κ1) is 25.9. The van der Waals surface area contributed by atoms with Crippen LogP contribution in [0, 0.1) is 20.2 Å². The zero-order chi connectivity index (χ0) is 24.8. The number of amides is 2. The maximum Gasteiger partial charge on any atom is 0.433 e. The van der Waals surface area contributed by atoms with Crippen LogP contribution in [0.2, 0.25) is 0 Å². The molecule has 0 unspecified atom stereocenters. The Hall–Kier alpha value is -4.36. The number of hydrogen-bond acceptors (Lipinski definition) is 10. The average molecular weight is 476 g/mol. The van der Waals surface area contributed by atoms with E-state index < -0.39 is 21.6 Å². The van der Waals surface area contributed by atoms with Crippen molar-refractivity contribution >= 4 is 36.0 Å². The van der Waals surface area contributed by atoms with E-state index in [-0.39, 0.29) is 23.3 Å². The number of carbonyl (C=O) groups is 2. The molecular weight excluding hydrogens is 452 g/mol. The van der Waals surface area contributed by atoms with Gasteiger partial charge in [-0.3, -0.25) is 29.8 Å². The third kappa shape index (κ3) is 9.84. The molecule has 2 heterocycles. The molecule has 182 valence electrons. The Labute approximate surface area is 193 Å². The first-order chi connectivity index (χ1) is 16.3. The lowest BCUT2D eigenvalue weighted by Crippen LogP contribution is -2.17. The van der Waals surface area contributed by atoms with E-state index in [4.69, 9.17) is 8.83 Å². The van der Waals surface area contributed by atoms with Crippen LogP contribution >= 0.6 is 0 Å². The highest BCUT2D eigenvalue weighted by molar-refractivity contribution is 5.81. The molecule has 0 fully saturated rings. The van der Waals surface area contributed by atoms with Crippen LogP contribution in [-0.4, -0.2) is 34.1 Å². The van der Waals surface area contributed by atoms with Gasteiger partial charge in [-0.25, -0.2) is 10.9 Å². The third-order valence-corrected chi connectivity index (χ3v) is 4.40. The van der Waals surface area contributed by atoms with E-state index in [2.05, 4.69) is 21.1 Å². The summed E-state index contributed by atoms with van der Waals surface area (Å²) in [5.41, 5.74) is 4.67. The van der Waals surface area contributed by atoms with Crippen LogP contribution in [0.3, 0.4) is 0 Å². The third-order valence-electron chi connectivity index (χ3n) is 4.40. The van der Waals surface area contributed by atoms with E-state index in [1.807, 2.05) is 0 Å². The van der Waals surface area contributed by atoms with Gasteiger partial charge in [0.2, 0.25) is 11.8 Å². The van der Waals surface area contributed by atoms with Crippen LogP contribution in [-0.2, 0) is 9.59 Å². The molecule has 0 bridgehead atoms. The summed E-state index contributed by atoms with van der Waals surface area (Å²) in [6.07, 6.45) is 7.91. The summed E-state index contributed by atoms with van der Waals surface area (Å²) in [7, 11) is 0. The predicted octanol–water partition coefficient (Wildman–Crippen LogP) is 3.41. The minimum atomic E-state index is -0.665. The molecule has 2 aromatic rings. The highest BCUT2D eigenvalue weighted by atomic mass is 16.7. The molecule has 0 saturated carbocycles. The molecule has 2 N–H and O–H groups in total. The van der Waals surface area contributed by atoms with Gasteiger partial charge in [-0.2, -0.15) is 10.2 Å². The number of rotatable bonds is 15. The highest BCUT2D eigenvalue weighted by Crippen LogP contribution is 2.14. The summed E-state index contributed by atoms with van der Waals surface area (Å²) >= 11 is 0.